The molecule has 4 rings (SSSR count). The van der Waals surface area contributed by atoms with Gasteiger partial charge in [0.15, 0.2) is 19.8 Å². The normalized spacial score (nSPS) is 18.6. The van der Waals surface area contributed by atoms with Gasteiger partial charge in [-0.15, -0.1) is 0 Å². The van der Waals surface area contributed by atoms with Gasteiger partial charge < -0.3 is 28.1 Å². The summed E-state index contributed by atoms with van der Waals surface area (Å²) in [5.41, 5.74) is -0.296. The van der Waals surface area contributed by atoms with Crippen molar-refractivity contribution in [3.05, 3.63) is 96.3 Å². The molecule has 0 aliphatic carbocycles. The largest absolute Gasteiger partial charge is 0.509 e. The first-order chi connectivity index (χ1) is 22.5. The van der Waals surface area contributed by atoms with E-state index in [0.29, 0.717) is 5.56 Å². The molecule has 14 nitrogen and oxygen atoms in total. The molecule has 1 N–H and O–H groups in total. The summed E-state index contributed by atoms with van der Waals surface area (Å²) in [4.78, 5) is 51.5. The average molecular weight is 686 g/mol. The number of nitrogens with zero attached hydrogens (tertiary/aromatic N) is 2. The number of rotatable bonds is 12. The lowest BCUT2D eigenvalue weighted by Gasteiger charge is -2.37. The molecule has 0 bridgehead atoms. The van der Waals surface area contributed by atoms with Gasteiger partial charge in [0.05, 0.1) is 30.3 Å². The van der Waals surface area contributed by atoms with Crippen molar-refractivity contribution in [1.82, 2.24) is 9.55 Å². The lowest BCUT2D eigenvalue weighted by Crippen LogP contribution is -2.44. The van der Waals surface area contributed by atoms with Crippen molar-refractivity contribution in [1.29, 1.82) is 0 Å². The molecule has 1 aliphatic heterocycles. The van der Waals surface area contributed by atoms with Gasteiger partial charge >= 0.3 is 11.8 Å². The molecule has 1 unspecified atom stereocenters. The molecule has 15 heteroatoms. The van der Waals surface area contributed by atoms with E-state index < -0.39 is 55.2 Å². The van der Waals surface area contributed by atoms with Gasteiger partial charge in [-0.05, 0) is 43.6 Å². The van der Waals surface area contributed by atoms with Gasteiger partial charge in [-0.1, -0.05) is 51.1 Å². The van der Waals surface area contributed by atoms with Crippen molar-refractivity contribution in [3.63, 3.8) is 0 Å². The number of aromatic nitrogens is 2. The smallest absolute Gasteiger partial charge is 0.493 e. The Morgan fingerprint density at radius 2 is 1.85 bits per heavy atom. The molecule has 4 atom stereocenters. The molecule has 1 saturated heterocycles. The Kier molecular flexibility index (Phi) is 11.2. The number of carbonyl (C=O) groups is 1. The van der Waals surface area contributed by atoms with E-state index in [0.717, 1.165) is 5.56 Å². The molecule has 3 aromatic rings. The number of H-pyrrole nitrogens is 1. The predicted molar refractivity (Wildman–Crippen MR) is 178 cm³/mol. The van der Waals surface area contributed by atoms with Crippen LogP contribution in [0.25, 0.3) is 0 Å². The topological polar surface area (TPSA) is 170 Å². The highest BCUT2D eigenvalue weighted by molar-refractivity contribution is 6.74. The van der Waals surface area contributed by atoms with Gasteiger partial charge in [-0.25, -0.2) is 9.59 Å². The number of aromatic amines is 1. The van der Waals surface area contributed by atoms with Crippen molar-refractivity contribution in [2.45, 2.75) is 90.3 Å². The molecule has 2 heterocycles. The van der Waals surface area contributed by atoms with Crippen LogP contribution in [0.5, 0.6) is 11.5 Å². The molecule has 0 spiro atoms. The second kappa shape index (κ2) is 14.7. The summed E-state index contributed by atoms with van der Waals surface area (Å²) in [5, 5.41) is 12.0. The summed E-state index contributed by atoms with van der Waals surface area (Å²) in [7, 11) is -0.850. The third-order valence-electron chi connectivity index (χ3n) is 8.76. The van der Waals surface area contributed by atoms with E-state index in [4.69, 9.17) is 28.1 Å². The van der Waals surface area contributed by atoms with E-state index in [-0.39, 0.29) is 47.4 Å². The number of nitrogens with one attached hydrogen (secondary N) is 1. The molecule has 0 amide bonds. The molecular formula is C33H43N3O11Si. The van der Waals surface area contributed by atoms with Crippen molar-refractivity contribution < 1.29 is 37.8 Å². The number of methoxy groups -OCH3 is 1. The van der Waals surface area contributed by atoms with Gasteiger partial charge in [-0.2, -0.15) is 0 Å². The monoisotopic (exact) mass is 685 g/mol. The highest BCUT2D eigenvalue weighted by atomic mass is 28.4. The van der Waals surface area contributed by atoms with Crippen molar-refractivity contribution in [2.75, 3.05) is 13.7 Å². The Balaban J connectivity index is 1.53. The van der Waals surface area contributed by atoms with Gasteiger partial charge in [-0.3, -0.25) is 24.5 Å². The van der Waals surface area contributed by atoms with Crippen LogP contribution >= 0.6 is 0 Å². The molecule has 1 fully saturated rings. The lowest BCUT2D eigenvalue weighted by molar-refractivity contribution is -0.386. The van der Waals surface area contributed by atoms with Crippen LogP contribution in [0.4, 0.5) is 10.5 Å². The van der Waals surface area contributed by atoms with Crippen LogP contribution in [0, 0.1) is 17.0 Å². The van der Waals surface area contributed by atoms with E-state index in [1.807, 2.05) is 30.3 Å². The number of hydrogen-bond donors (Lipinski definition) is 1. The van der Waals surface area contributed by atoms with Crippen molar-refractivity contribution in [2.24, 2.45) is 0 Å². The molecule has 0 saturated carbocycles. The van der Waals surface area contributed by atoms with Gasteiger partial charge in [0.25, 0.3) is 11.2 Å². The fraction of sp³-hybridized carbons (Fsp3) is 0.485. The minimum Gasteiger partial charge on any atom is -0.493 e. The standard InChI is InChI=1S/C33H43N3O11Si/c1-20-17-35(31(38)34-30(20)37)29-16-27(28(46-29)19-44-48(7,8)33(3,4)5)47-32(39)45-21(2)23-14-25(42-6)26(15-24(23)36(40)41)43-18-22-12-10-9-11-13-22/h9-15,17,21,27-29H,16,18-19H2,1-8H3,(H,34,37,38)/t21?,27-,28+,29+/m0/s1. The van der Waals surface area contributed by atoms with E-state index in [1.165, 1.54) is 36.9 Å². The lowest BCUT2D eigenvalue weighted by atomic mass is 10.1. The minimum absolute atomic E-state index is 0.0574. The van der Waals surface area contributed by atoms with Crippen LogP contribution in [0.3, 0.4) is 0 Å². The van der Waals surface area contributed by atoms with Crippen LogP contribution in [0.15, 0.2) is 58.3 Å². The molecule has 1 aromatic heterocycles. The molecule has 0 radical (unpaired) electrons. The average Bonchev–Trinajstić information content (AvgIpc) is 3.41. The van der Waals surface area contributed by atoms with E-state index in [9.17, 15) is 24.5 Å². The minimum atomic E-state index is -2.25. The maximum absolute atomic E-state index is 13.2. The number of nitro groups is 1. The Morgan fingerprint density at radius 3 is 2.48 bits per heavy atom. The number of ether oxygens (including phenoxy) is 5. The van der Waals surface area contributed by atoms with Crippen LogP contribution in [0.2, 0.25) is 18.1 Å². The van der Waals surface area contributed by atoms with Gasteiger partial charge in [0, 0.05) is 18.2 Å². The van der Waals surface area contributed by atoms with Gasteiger partial charge in [0.2, 0.25) is 0 Å². The fourth-order valence-corrected chi connectivity index (χ4v) is 5.88. The van der Waals surface area contributed by atoms with Crippen LogP contribution in [-0.2, 0) is 25.2 Å². The summed E-state index contributed by atoms with van der Waals surface area (Å²) in [6.07, 6.45) is -3.33. The zero-order valence-corrected chi connectivity index (χ0v) is 29.4. The maximum atomic E-state index is 13.2. The third-order valence-corrected chi connectivity index (χ3v) is 13.3. The summed E-state index contributed by atoms with van der Waals surface area (Å²) in [5.74, 6) is 0.366. The van der Waals surface area contributed by atoms with Crippen LogP contribution < -0.4 is 20.7 Å². The molecule has 48 heavy (non-hydrogen) atoms. The Hall–Kier alpha value is -4.47. The first-order valence-corrected chi connectivity index (χ1v) is 18.4. The number of hydrogen-bond acceptors (Lipinski definition) is 11. The number of benzene rings is 2. The zero-order valence-electron chi connectivity index (χ0n) is 28.4. The molecule has 260 valence electrons. The first kappa shape index (κ1) is 36.4. The van der Waals surface area contributed by atoms with E-state index >= 15 is 0 Å². The van der Waals surface area contributed by atoms with Gasteiger partial charge in [0.1, 0.15) is 31.1 Å². The first-order valence-electron chi connectivity index (χ1n) is 15.5. The Morgan fingerprint density at radius 1 is 1.17 bits per heavy atom. The fourth-order valence-electron chi connectivity index (χ4n) is 4.87. The summed E-state index contributed by atoms with van der Waals surface area (Å²) in [6, 6.07) is 11.9. The molecule has 1 aliphatic rings. The third kappa shape index (κ3) is 8.51. The predicted octanol–water partition coefficient (Wildman–Crippen LogP) is 5.93. The second-order valence-corrected chi connectivity index (χ2v) is 18.0. The highest BCUT2D eigenvalue weighted by Gasteiger charge is 2.44. The van der Waals surface area contributed by atoms with Crippen LogP contribution in [-0.4, -0.2) is 54.9 Å². The van der Waals surface area contributed by atoms with E-state index in [2.05, 4.69) is 38.8 Å². The van der Waals surface area contributed by atoms with Crippen molar-refractivity contribution >= 4 is 20.2 Å². The Bertz CT molecular complexity index is 1730. The summed E-state index contributed by atoms with van der Waals surface area (Å²) in [6.45, 7) is 13.7. The van der Waals surface area contributed by atoms with Crippen molar-refractivity contribution in [3.8, 4) is 11.5 Å². The molecule has 2 aromatic carbocycles. The number of aryl methyl sites for hydroxylation is 1. The molecular weight excluding hydrogens is 642 g/mol. The summed E-state index contributed by atoms with van der Waals surface area (Å²) >= 11 is 0. The van der Waals surface area contributed by atoms with Crippen LogP contribution in [0.1, 0.15) is 63.1 Å². The quantitative estimate of drug-likeness (QED) is 0.104. The maximum Gasteiger partial charge on any atom is 0.509 e. The van der Waals surface area contributed by atoms with E-state index in [1.54, 1.807) is 6.92 Å². The SMILES string of the molecule is COc1cc(C(C)OC(=O)O[C@H]2C[C@H](n3cc(C)c(=O)[nH]c3=O)O[C@@H]2CO[Si](C)(C)C(C)(C)C)c([N+](=O)[O-])cc1OCc1ccccc1. The second-order valence-electron chi connectivity index (χ2n) is 13.2. The summed E-state index contributed by atoms with van der Waals surface area (Å²) < 4.78 is 36.3. The zero-order chi connectivity index (χ0) is 35.4. The number of carbonyl (C=O) groups excluding carboxylic acids is 1. The Labute approximate surface area is 279 Å². The number of nitro benzene ring substituents is 1. The highest BCUT2D eigenvalue weighted by Crippen LogP contribution is 2.40.